The lowest BCUT2D eigenvalue weighted by Crippen LogP contribution is -2.37. The van der Waals surface area contributed by atoms with Gasteiger partial charge in [-0.05, 0) is 22.0 Å². The van der Waals surface area contributed by atoms with E-state index >= 15 is 0 Å². The number of halogens is 2. The lowest BCUT2D eigenvalue weighted by atomic mass is 10.5. The zero-order valence-electron chi connectivity index (χ0n) is 10.4. The van der Waals surface area contributed by atoms with E-state index in [1.54, 1.807) is 0 Å². The molecule has 1 aromatic heterocycles. The van der Waals surface area contributed by atoms with Crippen LogP contribution in [0.25, 0.3) is 0 Å². The van der Waals surface area contributed by atoms with Gasteiger partial charge in [0.05, 0.1) is 5.75 Å². The molecule has 0 unspecified atom stereocenters. The number of hydrogen-bond donors (Lipinski definition) is 1. The van der Waals surface area contributed by atoms with Crippen LogP contribution in [0.15, 0.2) is 21.6 Å². The van der Waals surface area contributed by atoms with E-state index in [9.17, 15) is 18.0 Å². The highest BCUT2D eigenvalue weighted by atomic mass is 79.9. The third-order valence-electron chi connectivity index (χ3n) is 2.53. The molecule has 0 atom stereocenters. The Bertz CT molecular complexity index is 682. The highest BCUT2D eigenvalue weighted by Crippen LogP contribution is 2.22. The summed E-state index contributed by atoms with van der Waals surface area (Å²) in [4.78, 5) is 27.3. The van der Waals surface area contributed by atoms with Gasteiger partial charge in [0.25, 0.3) is 5.24 Å². The maximum Gasteiger partial charge on any atom is 0.288 e. The molecule has 2 rings (SSSR count). The quantitative estimate of drug-likeness (QED) is 0.733. The summed E-state index contributed by atoms with van der Waals surface area (Å²) < 4.78 is 26.9. The van der Waals surface area contributed by atoms with Crippen LogP contribution in [0.5, 0.6) is 0 Å². The van der Waals surface area contributed by atoms with Gasteiger partial charge in [0.15, 0.2) is 0 Å². The molecule has 0 aliphatic carbocycles. The number of thioether (sulfide) groups is 1. The molecule has 1 saturated heterocycles. The van der Waals surface area contributed by atoms with Crippen molar-refractivity contribution in [3.8, 4) is 0 Å². The number of nitrogens with zero attached hydrogens (tertiary/aromatic N) is 2. The lowest BCUT2D eigenvalue weighted by Gasteiger charge is -2.13. The zero-order chi connectivity index (χ0) is 15.6. The summed E-state index contributed by atoms with van der Waals surface area (Å²) in [5.74, 6) is -0.237. The summed E-state index contributed by atoms with van der Waals surface area (Å²) in [6, 6.07) is 1.32. The zero-order valence-corrected chi connectivity index (χ0v) is 14.4. The van der Waals surface area contributed by atoms with Crippen LogP contribution in [0.1, 0.15) is 0 Å². The predicted octanol–water partition coefficient (Wildman–Crippen LogP) is 1.47. The average molecular weight is 415 g/mol. The van der Waals surface area contributed by atoms with Crippen LogP contribution in [-0.2, 0) is 14.8 Å². The first-order chi connectivity index (χ1) is 9.81. The van der Waals surface area contributed by atoms with Crippen molar-refractivity contribution in [2.24, 2.45) is 0 Å². The van der Waals surface area contributed by atoms with Gasteiger partial charge in [-0.3, -0.25) is 14.5 Å². The maximum atomic E-state index is 12.1. The van der Waals surface area contributed by atoms with Crippen LogP contribution < -0.4 is 4.72 Å². The molecule has 0 spiro atoms. The molecule has 2 heterocycles. The van der Waals surface area contributed by atoms with Crippen molar-refractivity contribution in [2.45, 2.75) is 4.90 Å². The largest absolute Gasteiger partial charge is 0.288 e. The molecule has 1 fully saturated rings. The van der Waals surface area contributed by atoms with Crippen molar-refractivity contribution in [2.75, 3.05) is 18.8 Å². The van der Waals surface area contributed by atoms with Crippen LogP contribution in [0.3, 0.4) is 0 Å². The Morgan fingerprint density at radius 3 is 2.81 bits per heavy atom. The summed E-state index contributed by atoms with van der Waals surface area (Å²) >= 11 is 9.77. The molecule has 114 valence electrons. The molecule has 0 bridgehead atoms. The smallest absolute Gasteiger partial charge is 0.273 e. The van der Waals surface area contributed by atoms with Gasteiger partial charge >= 0.3 is 0 Å². The van der Waals surface area contributed by atoms with Gasteiger partial charge in [0.1, 0.15) is 10.0 Å². The number of imide groups is 1. The molecule has 2 amide bonds. The van der Waals surface area contributed by atoms with E-state index in [4.69, 9.17) is 11.6 Å². The molecule has 11 heteroatoms. The second-order valence-corrected chi connectivity index (χ2v) is 7.88. The van der Waals surface area contributed by atoms with Crippen molar-refractivity contribution >= 4 is 60.5 Å². The van der Waals surface area contributed by atoms with Gasteiger partial charge in [-0.2, -0.15) is 0 Å². The van der Waals surface area contributed by atoms with E-state index < -0.39 is 10.0 Å². The minimum atomic E-state index is -3.87. The number of nitrogens with one attached hydrogen (secondary N) is 1. The van der Waals surface area contributed by atoms with Crippen molar-refractivity contribution < 1.29 is 18.0 Å². The Balaban J connectivity index is 2.03. The SMILES string of the molecule is O=C1CSC(=O)N1CCNS(=O)(=O)c1cc(Br)cnc1Cl. The number of carbonyl (C=O) groups is 2. The standard InChI is InChI=1S/C10H9BrClN3O4S2/c11-6-3-7(9(12)13-4-6)21(18,19)14-1-2-15-8(16)5-20-10(15)17/h3-4,14H,1-2,5H2. The van der Waals surface area contributed by atoms with Crippen LogP contribution in [0.4, 0.5) is 4.79 Å². The minimum absolute atomic E-state index is 0.0249. The molecule has 0 aromatic carbocycles. The molecule has 0 saturated carbocycles. The van der Waals surface area contributed by atoms with Crippen LogP contribution in [0.2, 0.25) is 5.15 Å². The van der Waals surface area contributed by atoms with Gasteiger partial charge < -0.3 is 0 Å². The van der Waals surface area contributed by atoms with Crippen molar-refractivity contribution in [3.05, 3.63) is 21.9 Å². The first-order valence-electron chi connectivity index (χ1n) is 5.59. The van der Waals surface area contributed by atoms with Gasteiger partial charge in [-0.15, -0.1) is 0 Å². The highest BCUT2D eigenvalue weighted by Gasteiger charge is 2.29. The first-order valence-corrected chi connectivity index (χ1v) is 9.23. The van der Waals surface area contributed by atoms with Crippen LogP contribution >= 0.6 is 39.3 Å². The summed E-state index contributed by atoms with van der Waals surface area (Å²) in [7, 11) is -3.87. The van der Waals surface area contributed by atoms with Gasteiger partial charge in [-0.1, -0.05) is 23.4 Å². The molecular formula is C10H9BrClN3O4S2. The molecular weight excluding hydrogens is 406 g/mol. The Morgan fingerprint density at radius 1 is 1.48 bits per heavy atom. The normalized spacial score (nSPS) is 15.8. The molecule has 21 heavy (non-hydrogen) atoms. The third-order valence-corrected chi connectivity index (χ3v) is 5.71. The number of sulfonamides is 1. The van der Waals surface area contributed by atoms with E-state index in [1.807, 2.05) is 0 Å². The topological polar surface area (TPSA) is 96.4 Å². The molecule has 1 N–H and O–H groups in total. The van der Waals surface area contributed by atoms with E-state index in [2.05, 4.69) is 25.6 Å². The van der Waals surface area contributed by atoms with E-state index in [-0.39, 0.29) is 40.0 Å². The second kappa shape index (κ2) is 6.61. The predicted molar refractivity (Wildman–Crippen MR) is 81.7 cm³/mol. The second-order valence-electron chi connectivity index (χ2n) is 3.94. The number of aromatic nitrogens is 1. The number of amides is 2. The molecule has 1 aliphatic heterocycles. The van der Waals surface area contributed by atoms with Crippen molar-refractivity contribution in [1.82, 2.24) is 14.6 Å². The Morgan fingerprint density at radius 2 is 2.19 bits per heavy atom. The first kappa shape index (κ1) is 16.7. The van der Waals surface area contributed by atoms with Crippen molar-refractivity contribution in [3.63, 3.8) is 0 Å². The highest BCUT2D eigenvalue weighted by molar-refractivity contribution is 9.10. The average Bonchev–Trinajstić information content (AvgIpc) is 2.73. The molecule has 7 nitrogen and oxygen atoms in total. The monoisotopic (exact) mass is 413 g/mol. The fraction of sp³-hybridized carbons (Fsp3) is 0.300. The van der Waals surface area contributed by atoms with Gasteiger partial charge in [-0.25, -0.2) is 18.1 Å². The maximum absolute atomic E-state index is 12.1. The van der Waals surface area contributed by atoms with Crippen LogP contribution in [-0.4, -0.2) is 48.3 Å². The summed E-state index contributed by atoms with van der Waals surface area (Å²) in [5.41, 5.74) is 0. The van der Waals surface area contributed by atoms with E-state index in [0.717, 1.165) is 16.7 Å². The third kappa shape index (κ3) is 3.95. The van der Waals surface area contributed by atoms with Crippen molar-refractivity contribution in [1.29, 1.82) is 0 Å². The number of hydrogen-bond acceptors (Lipinski definition) is 6. The molecule has 0 radical (unpaired) electrons. The van der Waals surface area contributed by atoms with Gasteiger partial charge in [0, 0.05) is 23.8 Å². The molecule has 1 aliphatic rings. The van der Waals surface area contributed by atoms with E-state index in [1.165, 1.54) is 12.3 Å². The van der Waals surface area contributed by atoms with E-state index in [0.29, 0.717) is 4.47 Å². The number of rotatable bonds is 5. The molecule has 1 aromatic rings. The minimum Gasteiger partial charge on any atom is -0.273 e. The van der Waals surface area contributed by atoms with Crippen LogP contribution in [0, 0.1) is 0 Å². The number of carbonyl (C=O) groups excluding carboxylic acids is 2. The van der Waals surface area contributed by atoms with Gasteiger partial charge in [0.2, 0.25) is 15.9 Å². The lowest BCUT2D eigenvalue weighted by molar-refractivity contribution is -0.124. The Labute approximate surface area is 138 Å². The fourth-order valence-electron chi connectivity index (χ4n) is 1.56. The Hall–Kier alpha value is -0.680. The summed E-state index contributed by atoms with van der Waals surface area (Å²) in [5, 5.41) is -0.532. The summed E-state index contributed by atoms with van der Waals surface area (Å²) in [6.07, 6.45) is 1.38. The summed E-state index contributed by atoms with van der Waals surface area (Å²) in [6.45, 7) is -0.119. The number of pyridine rings is 1. The fourth-order valence-corrected chi connectivity index (χ4v) is 4.27. The Kier molecular flexibility index (Phi) is 5.25.